The lowest BCUT2D eigenvalue weighted by atomic mass is 10.2. The summed E-state index contributed by atoms with van der Waals surface area (Å²) in [5.74, 6) is 0. The van der Waals surface area contributed by atoms with Gasteiger partial charge in [0.15, 0.2) is 0 Å². The molecule has 1 unspecified atom stereocenters. The molecule has 1 atom stereocenters. The van der Waals surface area contributed by atoms with Crippen molar-refractivity contribution in [3.8, 4) is 0 Å². The Morgan fingerprint density at radius 1 is 1.50 bits per heavy atom. The molecule has 5 nitrogen and oxygen atoms in total. The molecule has 0 aromatic heterocycles. The van der Waals surface area contributed by atoms with Crippen molar-refractivity contribution in [2.45, 2.75) is 23.8 Å². The molecule has 1 aromatic carbocycles. The highest BCUT2D eigenvalue weighted by atomic mass is 79.9. The minimum Gasteiger partial charge on any atom is -0.398 e. The number of hydrogen-bond donors (Lipinski definition) is 2. The summed E-state index contributed by atoms with van der Waals surface area (Å²) in [5, 5.41) is 0. The molecular weight excluding hydrogens is 320 g/mol. The maximum Gasteiger partial charge on any atom is 0.240 e. The third-order valence-corrected chi connectivity index (χ3v) is 4.95. The summed E-state index contributed by atoms with van der Waals surface area (Å²) in [6.07, 6.45) is 1.86. The van der Waals surface area contributed by atoms with E-state index in [9.17, 15) is 8.42 Å². The number of benzene rings is 1. The van der Waals surface area contributed by atoms with Crippen molar-refractivity contribution in [1.82, 2.24) is 4.72 Å². The van der Waals surface area contributed by atoms with Crippen LogP contribution in [0.15, 0.2) is 27.6 Å². The predicted molar refractivity (Wildman–Crippen MR) is 72.7 cm³/mol. The van der Waals surface area contributed by atoms with Gasteiger partial charge in [-0.25, -0.2) is 13.1 Å². The number of anilines is 1. The number of nitrogen functional groups attached to an aromatic ring is 1. The fourth-order valence-corrected chi connectivity index (χ4v) is 3.13. The van der Waals surface area contributed by atoms with Crippen LogP contribution in [0.5, 0.6) is 0 Å². The summed E-state index contributed by atoms with van der Waals surface area (Å²) in [4.78, 5) is 0.168. The monoisotopic (exact) mass is 334 g/mol. The van der Waals surface area contributed by atoms with E-state index in [1.54, 1.807) is 6.07 Å². The molecule has 18 heavy (non-hydrogen) atoms. The van der Waals surface area contributed by atoms with Crippen LogP contribution in [0.3, 0.4) is 0 Å². The number of sulfonamides is 1. The average molecular weight is 335 g/mol. The molecule has 1 saturated heterocycles. The highest BCUT2D eigenvalue weighted by Crippen LogP contribution is 2.22. The van der Waals surface area contributed by atoms with E-state index in [0.717, 1.165) is 12.8 Å². The Morgan fingerprint density at radius 2 is 2.28 bits per heavy atom. The molecule has 3 N–H and O–H groups in total. The smallest absolute Gasteiger partial charge is 0.240 e. The van der Waals surface area contributed by atoms with Crippen LogP contribution in [-0.2, 0) is 14.8 Å². The van der Waals surface area contributed by atoms with Crippen LogP contribution < -0.4 is 10.5 Å². The lowest BCUT2D eigenvalue weighted by Crippen LogP contribution is -2.31. The Morgan fingerprint density at radius 3 is 2.89 bits per heavy atom. The minimum atomic E-state index is -3.52. The molecule has 1 aliphatic heterocycles. The molecule has 1 fully saturated rings. The second-order valence-electron chi connectivity index (χ2n) is 4.17. The molecule has 1 heterocycles. The first-order valence-corrected chi connectivity index (χ1v) is 7.93. The fourth-order valence-electron chi connectivity index (χ4n) is 1.78. The van der Waals surface area contributed by atoms with Crippen molar-refractivity contribution in [2.24, 2.45) is 0 Å². The van der Waals surface area contributed by atoms with Gasteiger partial charge in [0.1, 0.15) is 0 Å². The molecule has 0 spiro atoms. The van der Waals surface area contributed by atoms with Crippen molar-refractivity contribution in [2.75, 3.05) is 18.9 Å². The van der Waals surface area contributed by atoms with E-state index in [4.69, 9.17) is 10.5 Å². The summed E-state index contributed by atoms with van der Waals surface area (Å²) in [5.41, 5.74) is 6.07. The molecule has 7 heteroatoms. The lowest BCUT2D eigenvalue weighted by molar-refractivity contribution is 0.114. The lowest BCUT2D eigenvalue weighted by Gasteiger charge is -2.12. The third kappa shape index (κ3) is 3.23. The Balaban J connectivity index is 2.07. The Hall–Kier alpha value is -0.630. The highest BCUT2D eigenvalue weighted by molar-refractivity contribution is 9.10. The maximum absolute atomic E-state index is 12.0. The quantitative estimate of drug-likeness (QED) is 0.817. The maximum atomic E-state index is 12.0. The zero-order valence-electron chi connectivity index (χ0n) is 9.73. The minimum absolute atomic E-state index is 0.0208. The Kier molecular flexibility index (Phi) is 4.26. The number of nitrogens with two attached hydrogens (primary N) is 1. The molecule has 1 aromatic rings. The number of halogens is 1. The van der Waals surface area contributed by atoms with Crippen molar-refractivity contribution in [3.63, 3.8) is 0 Å². The van der Waals surface area contributed by atoms with Crippen LogP contribution in [0.25, 0.3) is 0 Å². The summed E-state index contributed by atoms with van der Waals surface area (Å²) in [6, 6.07) is 4.57. The van der Waals surface area contributed by atoms with Gasteiger partial charge >= 0.3 is 0 Å². The van der Waals surface area contributed by atoms with E-state index in [-0.39, 0.29) is 11.0 Å². The normalized spacial score (nSPS) is 20.2. The van der Waals surface area contributed by atoms with E-state index in [0.29, 0.717) is 23.3 Å². The zero-order chi connectivity index (χ0) is 13.2. The number of ether oxygens (including phenoxy) is 1. The molecule has 0 bridgehead atoms. The summed E-state index contributed by atoms with van der Waals surface area (Å²) < 4.78 is 32.6. The molecule has 2 rings (SSSR count). The van der Waals surface area contributed by atoms with Gasteiger partial charge in [0, 0.05) is 23.3 Å². The van der Waals surface area contributed by atoms with Crippen LogP contribution in [-0.4, -0.2) is 27.7 Å². The van der Waals surface area contributed by atoms with Crippen molar-refractivity contribution in [3.05, 3.63) is 22.7 Å². The second kappa shape index (κ2) is 5.56. The molecule has 0 amide bonds. The SMILES string of the molecule is Nc1cc(S(=O)(=O)NCC2CCCO2)ccc1Br. The first-order chi connectivity index (χ1) is 8.49. The molecule has 1 aliphatic rings. The molecule has 0 saturated carbocycles. The highest BCUT2D eigenvalue weighted by Gasteiger charge is 2.20. The first kappa shape index (κ1) is 13.8. The van der Waals surface area contributed by atoms with Gasteiger partial charge in [0.05, 0.1) is 11.0 Å². The largest absolute Gasteiger partial charge is 0.398 e. The van der Waals surface area contributed by atoms with E-state index >= 15 is 0 Å². The van der Waals surface area contributed by atoms with Gasteiger partial charge < -0.3 is 10.5 Å². The van der Waals surface area contributed by atoms with Gasteiger partial charge in [-0.1, -0.05) is 0 Å². The van der Waals surface area contributed by atoms with E-state index in [2.05, 4.69) is 20.7 Å². The Labute approximate surface area is 115 Å². The first-order valence-electron chi connectivity index (χ1n) is 5.65. The van der Waals surface area contributed by atoms with Crippen LogP contribution in [0, 0.1) is 0 Å². The van der Waals surface area contributed by atoms with Crippen molar-refractivity contribution >= 4 is 31.6 Å². The fraction of sp³-hybridized carbons (Fsp3) is 0.455. The van der Waals surface area contributed by atoms with E-state index in [1.165, 1.54) is 12.1 Å². The Bertz CT molecular complexity index is 527. The van der Waals surface area contributed by atoms with Crippen LogP contribution in [0.1, 0.15) is 12.8 Å². The summed E-state index contributed by atoms with van der Waals surface area (Å²) in [6.45, 7) is 1.01. The zero-order valence-corrected chi connectivity index (χ0v) is 12.1. The van der Waals surface area contributed by atoms with Crippen LogP contribution in [0.2, 0.25) is 0 Å². The molecule has 100 valence electrons. The topological polar surface area (TPSA) is 81.4 Å². The van der Waals surface area contributed by atoms with Gasteiger partial charge in [-0.15, -0.1) is 0 Å². The van der Waals surface area contributed by atoms with Crippen molar-refractivity contribution < 1.29 is 13.2 Å². The van der Waals surface area contributed by atoms with E-state index < -0.39 is 10.0 Å². The number of rotatable bonds is 4. The second-order valence-corrected chi connectivity index (χ2v) is 6.79. The number of hydrogen-bond acceptors (Lipinski definition) is 4. The van der Waals surface area contributed by atoms with Crippen LogP contribution in [0.4, 0.5) is 5.69 Å². The van der Waals surface area contributed by atoms with Gasteiger partial charge in [0.2, 0.25) is 10.0 Å². The predicted octanol–water partition coefficient (Wildman–Crippen LogP) is 1.49. The molecule has 0 aliphatic carbocycles. The summed E-state index contributed by atoms with van der Waals surface area (Å²) >= 11 is 3.23. The van der Waals surface area contributed by atoms with Gasteiger partial charge in [0.25, 0.3) is 0 Å². The third-order valence-electron chi connectivity index (χ3n) is 2.80. The molecule has 0 radical (unpaired) electrons. The number of nitrogens with one attached hydrogen (secondary N) is 1. The average Bonchev–Trinajstić information content (AvgIpc) is 2.83. The van der Waals surface area contributed by atoms with Gasteiger partial charge in [-0.05, 0) is 47.0 Å². The molecular formula is C11H15BrN2O3S. The van der Waals surface area contributed by atoms with Crippen LogP contribution >= 0.6 is 15.9 Å². The van der Waals surface area contributed by atoms with E-state index in [1.807, 2.05) is 0 Å². The standard InChI is InChI=1S/C11H15BrN2O3S/c12-10-4-3-9(6-11(10)13)18(15,16)14-7-8-2-1-5-17-8/h3-4,6,8,14H,1-2,5,7,13H2. The summed E-state index contributed by atoms with van der Waals surface area (Å²) in [7, 11) is -3.52. The van der Waals surface area contributed by atoms with Gasteiger partial charge in [-0.3, -0.25) is 0 Å². The van der Waals surface area contributed by atoms with Crippen molar-refractivity contribution in [1.29, 1.82) is 0 Å². The van der Waals surface area contributed by atoms with Gasteiger partial charge in [-0.2, -0.15) is 0 Å².